The van der Waals surface area contributed by atoms with Crippen LogP contribution >= 0.6 is 0 Å². The average Bonchev–Trinajstić information content (AvgIpc) is 2.74. The molecule has 0 saturated carbocycles. The summed E-state index contributed by atoms with van der Waals surface area (Å²) in [6.45, 7) is 6.73. The fourth-order valence-electron chi connectivity index (χ4n) is 2.06. The van der Waals surface area contributed by atoms with Crippen LogP contribution in [0.5, 0.6) is 0 Å². The number of piperidine rings is 1. The molecule has 1 amide bonds. The highest BCUT2D eigenvalue weighted by Gasteiger charge is 2.27. The normalized spacial score (nSPS) is 18.9. The van der Waals surface area contributed by atoms with Crippen molar-refractivity contribution in [3.63, 3.8) is 0 Å². The summed E-state index contributed by atoms with van der Waals surface area (Å²) < 4.78 is 4.88. The van der Waals surface area contributed by atoms with Crippen LogP contribution in [0.1, 0.15) is 36.0 Å². The van der Waals surface area contributed by atoms with Crippen molar-refractivity contribution in [2.75, 3.05) is 19.6 Å². The number of nitrogens with one attached hydrogen (secondary N) is 2. The van der Waals surface area contributed by atoms with E-state index in [1.807, 2.05) is 0 Å². The highest BCUT2D eigenvalue weighted by atomic mass is 16.5. The van der Waals surface area contributed by atoms with Gasteiger partial charge in [-0.2, -0.15) is 0 Å². The van der Waals surface area contributed by atoms with Gasteiger partial charge in [0.05, 0.1) is 0 Å². The first-order chi connectivity index (χ1) is 8.09. The Morgan fingerprint density at radius 2 is 2.29 bits per heavy atom. The molecule has 1 aliphatic heterocycles. The van der Waals surface area contributed by atoms with E-state index in [2.05, 4.69) is 22.7 Å². The molecule has 1 fully saturated rings. The molecule has 0 bridgehead atoms. The maximum absolute atomic E-state index is 11.8. The molecule has 1 aliphatic rings. The van der Waals surface area contributed by atoms with Gasteiger partial charge in [0.1, 0.15) is 5.76 Å². The lowest BCUT2D eigenvalue weighted by Crippen LogP contribution is -2.42. The molecule has 1 aromatic rings. The van der Waals surface area contributed by atoms with E-state index < -0.39 is 0 Å². The first-order valence-electron chi connectivity index (χ1n) is 6.01. The van der Waals surface area contributed by atoms with E-state index >= 15 is 0 Å². The van der Waals surface area contributed by atoms with Gasteiger partial charge in [0, 0.05) is 12.6 Å². The van der Waals surface area contributed by atoms with Crippen molar-refractivity contribution >= 4 is 5.91 Å². The van der Waals surface area contributed by atoms with Gasteiger partial charge in [-0.1, -0.05) is 12.1 Å². The predicted molar refractivity (Wildman–Crippen MR) is 63.8 cm³/mol. The lowest BCUT2D eigenvalue weighted by Gasteiger charge is -2.33. The van der Waals surface area contributed by atoms with Crippen LogP contribution in [0, 0.1) is 12.3 Å². The van der Waals surface area contributed by atoms with Crippen molar-refractivity contribution < 1.29 is 9.32 Å². The predicted octanol–water partition coefficient (Wildman–Crippen LogP) is 1.10. The van der Waals surface area contributed by atoms with Crippen molar-refractivity contribution in [2.24, 2.45) is 5.41 Å². The Labute approximate surface area is 101 Å². The van der Waals surface area contributed by atoms with E-state index in [0.29, 0.717) is 18.0 Å². The second-order valence-corrected chi connectivity index (χ2v) is 5.07. The Morgan fingerprint density at radius 1 is 1.59 bits per heavy atom. The first kappa shape index (κ1) is 12.1. The zero-order chi connectivity index (χ0) is 12.3. The molecule has 0 aromatic carbocycles. The number of nitrogens with zero attached hydrogens (tertiary/aromatic N) is 1. The molecular weight excluding hydrogens is 218 g/mol. The first-order valence-corrected chi connectivity index (χ1v) is 6.01. The molecule has 2 heterocycles. The Morgan fingerprint density at radius 3 is 2.88 bits per heavy atom. The lowest BCUT2D eigenvalue weighted by atomic mass is 9.81. The molecule has 94 valence electrons. The van der Waals surface area contributed by atoms with Crippen molar-refractivity contribution in [3.05, 3.63) is 17.5 Å². The lowest BCUT2D eigenvalue weighted by molar-refractivity contribution is 0.0913. The van der Waals surface area contributed by atoms with Crippen LogP contribution in [-0.2, 0) is 0 Å². The van der Waals surface area contributed by atoms with Crippen molar-refractivity contribution in [2.45, 2.75) is 26.7 Å². The molecule has 2 N–H and O–H groups in total. The van der Waals surface area contributed by atoms with Crippen LogP contribution in [0.25, 0.3) is 0 Å². The van der Waals surface area contributed by atoms with E-state index in [9.17, 15) is 4.79 Å². The fourth-order valence-corrected chi connectivity index (χ4v) is 2.06. The van der Waals surface area contributed by atoms with Crippen LogP contribution in [-0.4, -0.2) is 30.7 Å². The van der Waals surface area contributed by atoms with Gasteiger partial charge in [0.25, 0.3) is 5.91 Å². The van der Waals surface area contributed by atoms with Gasteiger partial charge in [-0.25, -0.2) is 0 Å². The molecule has 0 unspecified atom stereocenters. The maximum Gasteiger partial charge on any atom is 0.273 e. The number of aromatic nitrogens is 1. The third-order valence-electron chi connectivity index (χ3n) is 3.35. The Hall–Kier alpha value is -1.36. The molecule has 1 saturated heterocycles. The molecule has 1 aromatic heterocycles. The largest absolute Gasteiger partial charge is 0.361 e. The molecule has 0 aliphatic carbocycles. The topological polar surface area (TPSA) is 67.2 Å². The third kappa shape index (κ3) is 3.06. The van der Waals surface area contributed by atoms with Gasteiger partial charge in [-0.05, 0) is 38.3 Å². The van der Waals surface area contributed by atoms with Crippen LogP contribution in [0.4, 0.5) is 0 Å². The highest BCUT2D eigenvalue weighted by molar-refractivity contribution is 5.92. The van der Waals surface area contributed by atoms with Crippen molar-refractivity contribution in [1.82, 2.24) is 15.8 Å². The highest BCUT2D eigenvalue weighted by Crippen LogP contribution is 2.26. The quantitative estimate of drug-likeness (QED) is 0.826. The smallest absolute Gasteiger partial charge is 0.273 e. The second-order valence-electron chi connectivity index (χ2n) is 5.07. The number of amides is 1. The van der Waals surface area contributed by atoms with Gasteiger partial charge in [-0.15, -0.1) is 0 Å². The number of hydrogen-bond donors (Lipinski definition) is 2. The Bertz CT molecular complexity index is 394. The molecule has 0 atom stereocenters. The molecular formula is C12H19N3O2. The molecule has 17 heavy (non-hydrogen) atoms. The van der Waals surface area contributed by atoms with Gasteiger partial charge in [-0.3, -0.25) is 4.79 Å². The zero-order valence-electron chi connectivity index (χ0n) is 10.4. The van der Waals surface area contributed by atoms with Gasteiger partial charge >= 0.3 is 0 Å². The zero-order valence-corrected chi connectivity index (χ0v) is 10.4. The number of hydrogen-bond acceptors (Lipinski definition) is 4. The minimum atomic E-state index is -0.151. The summed E-state index contributed by atoms with van der Waals surface area (Å²) in [6, 6.07) is 1.65. The van der Waals surface area contributed by atoms with Crippen LogP contribution < -0.4 is 10.6 Å². The minimum absolute atomic E-state index is 0.151. The standard InChI is InChI=1S/C12H19N3O2/c1-9-7-10(15-17-9)11(16)14-8-12(2)3-5-13-6-4-12/h7,13H,3-6,8H2,1-2H3,(H,14,16). The molecule has 2 rings (SSSR count). The summed E-state index contributed by atoms with van der Waals surface area (Å²) in [5, 5.41) is 9.96. The van der Waals surface area contributed by atoms with E-state index in [-0.39, 0.29) is 11.3 Å². The summed E-state index contributed by atoms with van der Waals surface area (Å²) >= 11 is 0. The summed E-state index contributed by atoms with van der Waals surface area (Å²) in [4.78, 5) is 11.8. The van der Waals surface area contributed by atoms with Crippen LogP contribution in [0.15, 0.2) is 10.6 Å². The average molecular weight is 237 g/mol. The van der Waals surface area contributed by atoms with E-state index in [0.717, 1.165) is 25.9 Å². The number of carbonyl (C=O) groups is 1. The Kier molecular flexibility index (Phi) is 3.47. The SMILES string of the molecule is Cc1cc(C(=O)NCC2(C)CCNCC2)no1. The van der Waals surface area contributed by atoms with Crippen LogP contribution in [0.3, 0.4) is 0 Å². The monoisotopic (exact) mass is 237 g/mol. The van der Waals surface area contributed by atoms with Gasteiger partial charge < -0.3 is 15.2 Å². The third-order valence-corrected chi connectivity index (χ3v) is 3.35. The van der Waals surface area contributed by atoms with Gasteiger partial charge in [0.2, 0.25) is 0 Å². The second kappa shape index (κ2) is 4.87. The molecule has 5 heteroatoms. The number of aryl methyl sites for hydroxylation is 1. The maximum atomic E-state index is 11.8. The van der Waals surface area contributed by atoms with E-state index in [1.165, 1.54) is 0 Å². The molecule has 0 radical (unpaired) electrons. The Balaban J connectivity index is 1.87. The summed E-state index contributed by atoms with van der Waals surface area (Å²) in [7, 11) is 0. The van der Waals surface area contributed by atoms with Gasteiger partial charge in [0.15, 0.2) is 5.69 Å². The van der Waals surface area contributed by atoms with E-state index in [1.54, 1.807) is 13.0 Å². The molecule has 0 spiro atoms. The van der Waals surface area contributed by atoms with Crippen molar-refractivity contribution in [1.29, 1.82) is 0 Å². The molecule has 5 nitrogen and oxygen atoms in total. The summed E-state index contributed by atoms with van der Waals surface area (Å²) in [5.41, 5.74) is 0.555. The van der Waals surface area contributed by atoms with E-state index in [4.69, 9.17) is 4.52 Å². The fraction of sp³-hybridized carbons (Fsp3) is 0.667. The number of carbonyl (C=O) groups excluding carboxylic acids is 1. The summed E-state index contributed by atoms with van der Waals surface area (Å²) in [5.74, 6) is 0.504. The number of rotatable bonds is 3. The minimum Gasteiger partial charge on any atom is -0.361 e. The van der Waals surface area contributed by atoms with Crippen LogP contribution in [0.2, 0.25) is 0 Å². The van der Waals surface area contributed by atoms with Crippen molar-refractivity contribution in [3.8, 4) is 0 Å². The summed E-state index contributed by atoms with van der Waals surface area (Å²) in [6.07, 6.45) is 2.18.